The number of ether oxygens (including phenoxy) is 1. The maximum Gasteiger partial charge on any atom is 0.323 e. The van der Waals surface area contributed by atoms with E-state index in [0.29, 0.717) is 31.6 Å². The van der Waals surface area contributed by atoms with Gasteiger partial charge in [-0.1, -0.05) is 0 Å². The molecule has 0 fully saturated rings. The van der Waals surface area contributed by atoms with E-state index >= 15 is 0 Å². The van der Waals surface area contributed by atoms with Gasteiger partial charge in [0.1, 0.15) is 0 Å². The highest BCUT2D eigenvalue weighted by atomic mass is 32.2. The molecular formula is C11H21N5O2S. The SMILES string of the molecule is CCNc1nc(NCC(C)S(C)=O)nc(OCC)n1. The Balaban J connectivity index is 2.77. The number of hydrogen-bond donors (Lipinski definition) is 2. The zero-order chi connectivity index (χ0) is 14.3. The Morgan fingerprint density at radius 1 is 1.21 bits per heavy atom. The highest BCUT2D eigenvalue weighted by Gasteiger charge is 2.10. The molecule has 108 valence electrons. The standard InChI is InChI=1S/C11H21N5O2S/c1-5-12-9-14-10(13-7-8(3)19(4)17)16-11(15-9)18-6-2/h8H,5-7H2,1-4H3,(H2,12,13,14,15,16). The first-order valence-corrected chi connectivity index (χ1v) is 7.87. The molecule has 8 heteroatoms. The van der Waals surface area contributed by atoms with Gasteiger partial charge in [-0.15, -0.1) is 0 Å². The molecule has 7 nitrogen and oxygen atoms in total. The van der Waals surface area contributed by atoms with E-state index in [1.54, 1.807) is 6.26 Å². The molecule has 0 amide bonds. The lowest BCUT2D eigenvalue weighted by Crippen LogP contribution is -2.22. The molecule has 2 unspecified atom stereocenters. The third-order valence-electron chi connectivity index (χ3n) is 2.34. The van der Waals surface area contributed by atoms with E-state index in [1.807, 2.05) is 20.8 Å². The van der Waals surface area contributed by atoms with Crippen molar-refractivity contribution in [3.05, 3.63) is 0 Å². The zero-order valence-electron chi connectivity index (χ0n) is 11.8. The molecule has 1 rings (SSSR count). The van der Waals surface area contributed by atoms with Crippen LogP contribution in [0.3, 0.4) is 0 Å². The number of aromatic nitrogens is 3. The molecule has 0 saturated carbocycles. The lowest BCUT2D eigenvalue weighted by atomic mass is 10.5. The molecule has 19 heavy (non-hydrogen) atoms. The predicted octanol–water partition coefficient (Wildman–Crippen LogP) is 0.881. The van der Waals surface area contributed by atoms with E-state index in [1.165, 1.54) is 0 Å². The Labute approximate surface area is 116 Å². The molecule has 1 aromatic heterocycles. The van der Waals surface area contributed by atoms with Crippen LogP contribution in [-0.4, -0.2) is 50.4 Å². The third-order valence-corrected chi connectivity index (χ3v) is 3.64. The van der Waals surface area contributed by atoms with Crippen molar-refractivity contribution < 1.29 is 8.95 Å². The number of nitrogens with one attached hydrogen (secondary N) is 2. The molecule has 0 radical (unpaired) electrons. The van der Waals surface area contributed by atoms with Crippen molar-refractivity contribution in [2.24, 2.45) is 0 Å². The molecule has 0 aliphatic rings. The Hall–Kier alpha value is -1.44. The van der Waals surface area contributed by atoms with Crippen LogP contribution in [0.5, 0.6) is 6.01 Å². The minimum atomic E-state index is -0.882. The average molecular weight is 287 g/mol. The van der Waals surface area contributed by atoms with E-state index in [9.17, 15) is 4.21 Å². The van der Waals surface area contributed by atoms with Crippen LogP contribution < -0.4 is 15.4 Å². The summed E-state index contributed by atoms with van der Waals surface area (Å²) in [6, 6.07) is 0.279. The second-order valence-electron chi connectivity index (χ2n) is 3.92. The number of anilines is 2. The van der Waals surface area contributed by atoms with Crippen LogP contribution in [-0.2, 0) is 10.8 Å². The number of rotatable bonds is 8. The largest absolute Gasteiger partial charge is 0.464 e. The van der Waals surface area contributed by atoms with Gasteiger partial charge >= 0.3 is 6.01 Å². The van der Waals surface area contributed by atoms with Crippen molar-refractivity contribution in [1.82, 2.24) is 15.0 Å². The molecule has 0 aromatic carbocycles. The summed E-state index contributed by atoms with van der Waals surface area (Å²) in [6.07, 6.45) is 1.68. The zero-order valence-corrected chi connectivity index (χ0v) is 12.6. The molecule has 2 N–H and O–H groups in total. The average Bonchev–Trinajstić information content (AvgIpc) is 2.36. The van der Waals surface area contributed by atoms with Gasteiger partial charge in [0, 0.05) is 35.4 Å². The predicted molar refractivity (Wildman–Crippen MR) is 77.2 cm³/mol. The molecule has 0 aliphatic carbocycles. The molecule has 0 aliphatic heterocycles. The fraction of sp³-hybridized carbons (Fsp3) is 0.727. The summed E-state index contributed by atoms with van der Waals surface area (Å²) in [4.78, 5) is 12.5. The molecule has 2 atom stereocenters. The molecule has 1 heterocycles. The van der Waals surface area contributed by atoms with Crippen LogP contribution in [0.1, 0.15) is 20.8 Å². The summed E-state index contributed by atoms with van der Waals surface area (Å²) >= 11 is 0. The molecular weight excluding hydrogens is 266 g/mol. The van der Waals surface area contributed by atoms with Crippen LogP contribution in [0.25, 0.3) is 0 Å². The lowest BCUT2D eigenvalue weighted by molar-refractivity contribution is 0.312. The summed E-state index contributed by atoms with van der Waals surface area (Å²) in [6.45, 7) is 7.46. The highest BCUT2D eigenvalue weighted by Crippen LogP contribution is 2.11. The first-order chi connectivity index (χ1) is 9.06. The van der Waals surface area contributed by atoms with Crippen LogP contribution >= 0.6 is 0 Å². The monoisotopic (exact) mass is 287 g/mol. The van der Waals surface area contributed by atoms with E-state index in [-0.39, 0.29) is 11.3 Å². The first-order valence-electron chi connectivity index (χ1n) is 6.25. The Morgan fingerprint density at radius 2 is 1.84 bits per heavy atom. The van der Waals surface area contributed by atoms with E-state index in [4.69, 9.17) is 4.74 Å². The minimum Gasteiger partial charge on any atom is -0.464 e. The number of hydrogen-bond acceptors (Lipinski definition) is 7. The van der Waals surface area contributed by atoms with Gasteiger partial charge in [-0.3, -0.25) is 4.21 Å². The fourth-order valence-electron chi connectivity index (χ4n) is 1.22. The number of nitrogens with zero attached hydrogens (tertiary/aromatic N) is 3. The van der Waals surface area contributed by atoms with Gasteiger partial charge in [0.25, 0.3) is 0 Å². The molecule has 0 bridgehead atoms. The van der Waals surface area contributed by atoms with Crippen LogP contribution in [0.4, 0.5) is 11.9 Å². The summed E-state index contributed by atoms with van der Waals surface area (Å²) < 4.78 is 16.6. The van der Waals surface area contributed by atoms with Crippen LogP contribution in [0.15, 0.2) is 0 Å². The van der Waals surface area contributed by atoms with Crippen LogP contribution in [0.2, 0.25) is 0 Å². The summed E-state index contributed by atoms with van der Waals surface area (Å²) in [5, 5.41) is 6.09. The van der Waals surface area contributed by atoms with Gasteiger partial charge in [-0.05, 0) is 20.8 Å². The minimum absolute atomic E-state index is 0.0230. The fourth-order valence-corrected chi connectivity index (χ4v) is 1.54. The van der Waals surface area contributed by atoms with Crippen molar-refractivity contribution in [3.63, 3.8) is 0 Å². The lowest BCUT2D eigenvalue weighted by Gasteiger charge is -2.11. The van der Waals surface area contributed by atoms with Gasteiger partial charge < -0.3 is 15.4 Å². The maximum atomic E-state index is 11.3. The first kappa shape index (κ1) is 15.6. The van der Waals surface area contributed by atoms with Gasteiger partial charge in [-0.2, -0.15) is 15.0 Å². The smallest absolute Gasteiger partial charge is 0.323 e. The second-order valence-corrected chi connectivity index (χ2v) is 5.72. The van der Waals surface area contributed by atoms with E-state index in [2.05, 4.69) is 25.6 Å². The Bertz CT molecular complexity index is 405. The topological polar surface area (TPSA) is 89.0 Å². The molecule has 1 aromatic rings. The Morgan fingerprint density at radius 3 is 2.37 bits per heavy atom. The maximum absolute atomic E-state index is 11.3. The van der Waals surface area contributed by atoms with E-state index in [0.717, 1.165) is 0 Å². The second kappa shape index (κ2) is 7.88. The third kappa shape index (κ3) is 5.37. The van der Waals surface area contributed by atoms with E-state index < -0.39 is 10.8 Å². The normalized spacial score (nSPS) is 13.7. The van der Waals surface area contributed by atoms with Crippen LogP contribution in [0, 0.1) is 0 Å². The quantitative estimate of drug-likeness (QED) is 0.733. The van der Waals surface area contributed by atoms with Gasteiger partial charge in [-0.25, -0.2) is 0 Å². The summed E-state index contributed by atoms with van der Waals surface area (Å²) in [5.74, 6) is 0.889. The summed E-state index contributed by atoms with van der Waals surface area (Å²) in [5.41, 5.74) is 0. The molecule has 0 saturated heterocycles. The van der Waals surface area contributed by atoms with Crippen molar-refractivity contribution in [2.45, 2.75) is 26.0 Å². The summed E-state index contributed by atoms with van der Waals surface area (Å²) in [7, 11) is -0.882. The van der Waals surface area contributed by atoms with Crippen molar-refractivity contribution in [2.75, 3.05) is 36.6 Å². The highest BCUT2D eigenvalue weighted by molar-refractivity contribution is 7.84. The van der Waals surface area contributed by atoms with Crippen molar-refractivity contribution in [1.29, 1.82) is 0 Å². The molecule has 0 spiro atoms. The van der Waals surface area contributed by atoms with Crippen molar-refractivity contribution in [3.8, 4) is 6.01 Å². The van der Waals surface area contributed by atoms with Gasteiger partial charge in [0.2, 0.25) is 11.9 Å². The van der Waals surface area contributed by atoms with Crippen molar-refractivity contribution >= 4 is 22.7 Å². The Kier molecular flexibility index (Phi) is 6.48. The van der Waals surface area contributed by atoms with Gasteiger partial charge in [0.05, 0.1) is 6.61 Å². The van der Waals surface area contributed by atoms with Gasteiger partial charge in [0.15, 0.2) is 0 Å².